The highest BCUT2D eigenvalue weighted by atomic mass is 16.5. The van der Waals surface area contributed by atoms with Crippen LogP contribution in [0.4, 0.5) is 0 Å². The second-order valence-electron chi connectivity index (χ2n) is 6.50. The van der Waals surface area contributed by atoms with Gasteiger partial charge in [-0.3, -0.25) is 9.20 Å². The van der Waals surface area contributed by atoms with Gasteiger partial charge in [0.15, 0.2) is 17.2 Å². The third-order valence-electron chi connectivity index (χ3n) is 4.57. The first kappa shape index (κ1) is 18.6. The van der Waals surface area contributed by atoms with Gasteiger partial charge in [0.2, 0.25) is 0 Å². The molecule has 0 saturated heterocycles. The van der Waals surface area contributed by atoms with Gasteiger partial charge >= 0.3 is 5.97 Å². The Kier molecular flexibility index (Phi) is 5.26. The van der Waals surface area contributed by atoms with E-state index >= 15 is 0 Å². The predicted octanol–water partition coefficient (Wildman–Crippen LogP) is 4.12. The number of carbonyl (C=O) groups is 2. The van der Waals surface area contributed by atoms with Crippen molar-refractivity contribution in [2.45, 2.75) is 33.1 Å². The van der Waals surface area contributed by atoms with Gasteiger partial charge in [0.05, 0.1) is 17.9 Å². The summed E-state index contributed by atoms with van der Waals surface area (Å²) in [5.74, 6) is -0.361. The quantitative estimate of drug-likeness (QED) is 0.636. The van der Waals surface area contributed by atoms with E-state index in [4.69, 9.17) is 9.84 Å². The summed E-state index contributed by atoms with van der Waals surface area (Å²) < 4.78 is 7.39. The van der Waals surface area contributed by atoms with Crippen LogP contribution in [-0.2, 0) is 0 Å². The molecule has 0 aliphatic rings. The maximum Gasteiger partial charge on any atom is 0.335 e. The van der Waals surface area contributed by atoms with E-state index in [0.29, 0.717) is 35.8 Å². The smallest absolute Gasteiger partial charge is 0.335 e. The summed E-state index contributed by atoms with van der Waals surface area (Å²) in [5.41, 5.74) is 3.02. The Bertz CT molecular complexity index is 989. The summed E-state index contributed by atoms with van der Waals surface area (Å²) in [5, 5.41) is 9.00. The maximum atomic E-state index is 13.0. The van der Waals surface area contributed by atoms with Gasteiger partial charge in [0.1, 0.15) is 5.69 Å². The van der Waals surface area contributed by atoms with E-state index in [2.05, 4.69) is 4.98 Å². The molecule has 1 atom stereocenters. The molecule has 0 amide bonds. The lowest BCUT2D eigenvalue weighted by atomic mass is 9.93. The summed E-state index contributed by atoms with van der Waals surface area (Å²) >= 11 is 0. The standard InChI is InChI=1S/C21H22N2O4/c1-4-27-18-6-5-11-23-19(14(3)22-20(18)23)17(24)12-13(2)15-7-9-16(10-8-15)21(25)26/h5-11,13H,4,12H2,1-3H3,(H,25,26)/t13-/m1/s1. The van der Waals surface area contributed by atoms with Crippen molar-refractivity contribution in [3.63, 3.8) is 0 Å². The van der Waals surface area contributed by atoms with E-state index in [1.807, 2.05) is 39.1 Å². The molecular weight excluding hydrogens is 344 g/mol. The molecule has 0 bridgehead atoms. The molecule has 6 nitrogen and oxygen atoms in total. The number of carbonyl (C=O) groups excluding carboxylic acids is 1. The zero-order valence-electron chi connectivity index (χ0n) is 15.6. The zero-order chi connectivity index (χ0) is 19.6. The van der Waals surface area contributed by atoms with Gasteiger partial charge in [0, 0.05) is 12.6 Å². The molecule has 0 fully saturated rings. The molecule has 0 saturated carbocycles. The number of carboxylic acids is 1. The fourth-order valence-electron chi connectivity index (χ4n) is 3.21. The minimum atomic E-state index is -0.961. The average Bonchev–Trinajstić information content (AvgIpc) is 2.99. The number of rotatable bonds is 7. The van der Waals surface area contributed by atoms with Crippen LogP contribution in [0, 0.1) is 6.92 Å². The van der Waals surface area contributed by atoms with Gasteiger partial charge in [-0.1, -0.05) is 19.1 Å². The molecule has 3 aromatic rings. The fraction of sp³-hybridized carbons (Fsp3) is 0.286. The van der Waals surface area contributed by atoms with Crippen molar-refractivity contribution in [3.05, 3.63) is 65.1 Å². The lowest BCUT2D eigenvalue weighted by molar-refractivity contribution is 0.0696. The lowest BCUT2D eigenvalue weighted by Crippen LogP contribution is -2.09. The monoisotopic (exact) mass is 366 g/mol. The molecule has 1 aromatic carbocycles. The van der Waals surface area contributed by atoms with Crippen molar-refractivity contribution in [2.24, 2.45) is 0 Å². The van der Waals surface area contributed by atoms with Crippen molar-refractivity contribution in [2.75, 3.05) is 6.61 Å². The number of carboxylic acid groups (broad SMARTS) is 1. The number of ether oxygens (including phenoxy) is 1. The molecular formula is C21H22N2O4. The highest BCUT2D eigenvalue weighted by molar-refractivity contribution is 5.97. The van der Waals surface area contributed by atoms with E-state index < -0.39 is 5.97 Å². The van der Waals surface area contributed by atoms with E-state index in [0.717, 1.165) is 5.56 Å². The van der Waals surface area contributed by atoms with Crippen LogP contribution in [0.2, 0.25) is 0 Å². The molecule has 0 aliphatic carbocycles. The molecule has 2 heterocycles. The molecule has 27 heavy (non-hydrogen) atoms. The Morgan fingerprint density at radius 3 is 2.56 bits per heavy atom. The lowest BCUT2D eigenvalue weighted by Gasteiger charge is -2.12. The van der Waals surface area contributed by atoms with Crippen LogP contribution >= 0.6 is 0 Å². The summed E-state index contributed by atoms with van der Waals surface area (Å²) in [4.78, 5) is 28.5. The number of hydrogen-bond donors (Lipinski definition) is 1. The number of fused-ring (bicyclic) bond motifs is 1. The first-order valence-electron chi connectivity index (χ1n) is 8.89. The van der Waals surface area contributed by atoms with Crippen LogP contribution in [-0.4, -0.2) is 32.9 Å². The van der Waals surface area contributed by atoms with Crippen LogP contribution < -0.4 is 4.74 Å². The topological polar surface area (TPSA) is 80.9 Å². The molecule has 0 spiro atoms. The van der Waals surface area contributed by atoms with Gasteiger partial charge in [-0.15, -0.1) is 0 Å². The van der Waals surface area contributed by atoms with Gasteiger partial charge in [-0.05, 0) is 49.6 Å². The Morgan fingerprint density at radius 2 is 1.93 bits per heavy atom. The summed E-state index contributed by atoms with van der Waals surface area (Å²) in [6.07, 6.45) is 2.12. The minimum absolute atomic E-state index is 0.0107. The Balaban J connectivity index is 1.86. The summed E-state index contributed by atoms with van der Waals surface area (Å²) in [6.45, 7) is 6.21. The fourth-order valence-corrected chi connectivity index (χ4v) is 3.21. The highest BCUT2D eigenvalue weighted by Gasteiger charge is 2.21. The molecule has 0 unspecified atom stereocenters. The van der Waals surface area contributed by atoms with E-state index in [9.17, 15) is 9.59 Å². The first-order chi connectivity index (χ1) is 12.9. The van der Waals surface area contributed by atoms with Crippen LogP contribution in [0.5, 0.6) is 5.75 Å². The summed E-state index contributed by atoms with van der Waals surface area (Å²) in [7, 11) is 0. The number of pyridine rings is 1. The normalized spacial score (nSPS) is 12.1. The number of nitrogens with zero attached hydrogens (tertiary/aromatic N) is 2. The molecule has 0 radical (unpaired) electrons. The number of aryl methyl sites for hydroxylation is 1. The number of hydrogen-bond acceptors (Lipinski definition) is 4. The van der Waals surface area contributed by atoms with Gasteiger partial charge < -0.3 is 9.84 Å². The molecule has 2 aromatic heterocycles. The second kappa shape index (κ2) is 7.61. The predicted molar refractivity (Wildman–Crippen MR) is 102 cm³/mol. The van der Waals surface area contributed by atoms with E-state index in [1.165, 1.54) is 0 Å². The van der Waals surface area contributed by atoms with Gasteiger partial charge in [-0.2, -0.15) is 0 Å². The Labute approximate surface area is 157 Å². The van der Waals surface area contributed by atoms with Gasteiger partial charge in [-0.25, -0.2) is 9.78 Å². The van der Waals surface area contributed by atoms with Crippen LogP contribution in [0.3, 0.4) is 0 Å². The van der Waals surface area contributed by atoms with Crippen molar-refractivity contribution < 1.29 is 19.4 Å². The third kappa shape index (κ3) is 3.69. The average molecular weight is 366 g/mol. The van der Waals surface area contributed by atoms with E-state index in [1.54, 1.807) is 28.7 Å². The maximum absolute atomic E-state index is 13.0. The van der Waals surface area contributed by atoms with Crippen LogP contribution in [0.15, 0.2) is 42.6 Å². The van der Waals surface area contributed by atoms with Crippen molar-refractivity contribution in [1.82, 2.24) is 9.38 Å². The third-order valence-corrected chi connectivity index (χ3v) is 4.57. The van der Waals surface area contributed by atoms with Crippen LogP contribution in [0.1, 0.15) is 58.3 Å². The number of aromatic nitrogens is 2. The number of imidazole rings is 1. The zero-order valence-corrected chi connectivity index (χ0v) is 15.6. The SMILES string of the molecule is CCOc1cccn2c(C(=O)C[C@@H](C)c3ccc(C(=O)O)cc3)c(C)nc12. The van der Waals surface area contributed by atoms with Gasteiger partial charge in [0.25, 0.3) is 0 Å². The number of Topliss-reactive ketones (excluding diaryl/α,β-unsaturated/α-hetero) is 1. The highest BCUT2D eigenvalue weighted by Crippen LogP contribution is 2.26. The molecule has 0 aliphatic heterocycles. The largest absolute Gasteiger partial charge is 0.490 e. The number of benzene rings is 1. The second-order valence-corrected chi connectivity index (χ2v) is 6.50. The van der Waals surface area contributed by atoms with Crippen LogP contribution in [0.25, 0.3) is 5.65 Å². The molecule has 3 rings (SSSR count). The molecule has 1 N–H and O–H groups in total. The number of aromatic carboxylic acids is 1. The number of ketones is 1. The minimum Gasteiger partial charge on any atom is -0.490 e. The molecule has 6 heteroatoms. The molecule has 140 valence electrons. The van der Waals surface area contributed by atoms with Crippen molar-refractivity contribution in [3.8, 4) is 5.75 Å². The van der Waals surface area contributed by atoms with E-state index in [-0.39, 0.29) is 17.3 Å². The summed E-state index contributed by atoms with van der Waals surface area (Å²) in [6, 6.07) is 10.3. The Morgan fingerprint density at radius 1 is 1.22 bits per heavy atom. The first-order valence-corrected chi connectivity index (χ1v) is 8.89. The van der Waals surface area contributed by atoms with Crippen molar-refractivity contribution in [1.29, 1.82) is 0 Å². The van der Waals surface area contributed by atoms with Crippen molar-refractivity contribution >= 4 is 17.4 Å². The Hall–Kier alpha value is -3.15.